The van der Waals surface area contributed by atoms with Gasteiger partial charge in [0.15, 0.2) is 0 Å². The Morgan fingerprint density at radius 2 is 2.08 bits per heavy atom. The van der Waals surface area contributed by atoms with E-state index in [1.165, 1.54) is 17.8 Å². The molecule has 2 heterocycles. The molecule has 1 aliphatic rings. The van der Waals surface area contributed by atoms with Gasteiger partial charge in [-0.25, -0.2) is 4.98 Å². The summed E-state index contributed by atoms with van der Waals surface area (Å²) in [5.41, 5.74) is 1.84. The van der Waals surface area contributed by atoms with Crippen molar-refractivity contribution in [3.63, 3.8) is 0 Å². The number of nitrogens with zero attached hydrogens (tertiary/aromatic N) is 4. The fourth-order valence-electron chi connectivity index (χ4n) is 3.30. The van der Waals surface area contributed by atoms with Gasteiger partial charge in [-0.2, -0.15) is 5.26 Å². The van der Waals surface area contributed by atoms with Crippen LogP contribution < -0.4 is 0 Å². The maximum absolute atomic E-state index is 12.9. The summed E-state index contributed by atoms with van der Waals surface area (Å²) in [4.78, 5) is 21.2. The van der Waals surface area contributed by atoms with Gasteiger partial charge in [0.1, 0.15) is 11.8 Å². The third-order valence-electron chi connectivity index (χ3n) is 4.50. The Hall–Kier alpha value is -2.42. The van der Waals surface area contributed by atoms with Gasteiger partial charge in [0, 0.05) is 38.9 Å². The molecule has 0 bridgehead atoms. The molecule has 2 aromatic rings. The molecular formula is C20H21ClN4O. The first-order chi connectivity index (χ1) is 12.6. The molecule has 0 N–H and O–H groups in total. The van der Waals surface area contributed by atoms with Crippen LogP contribution in [0.3, 0.4) is 0 Å². The van der Waals surface area contributed by atoms with Crippen molar-refractivity contribution in [3.05, 3.63) is 64.4 Å². The highest BCUT2D eigenvalue weighted by Crippen LogP contribution is 2.19. The molecule has 1 unspecified atom stereocenters. The smallest absolute Gasteiger partial charge is 0.274 e. The largest absolute Gasteiger partial charge is 0.336 e. The monoisotopic (exact) mass is 368 g/mol. The van der Waals surface area contributed by atoms with E-state index in [0.717, 1.165) is 19.6 Å². The number of carbonyl (C=O) groups is 1. The average molecular weight is 369 g/mol. The van der Waals surface area contributed by atoms with Crippen molar-refractivity contribution < 1.29 is 4.79 Å². The molecule has 1 aromatic heterocycles. The number of amides is 1. The zero-order valence-electron chi connectivity index (χ0n) is 14.7. The number of benzene rings is 1. The minimum atomic E-state index is -0.173. The van der Waals surface area contributed by atoms with E-state index in [9.17, 15) is 4.79 Å². The molecular weight excluding hydrogens is 348 g/mol. The van der Waals surface area contributed by atoms with Gasteiger partial charge in [-0.1, -0.05) is 48.9 Å². The van der Waals surface area contributed by atoms with Crippen LogP contribution in [0.4, 0.5) is 0 Å². The minimum Gasteiger partial charge on any atom is -0.336 e. The summed E-state index contributed by atoms with van der Waals surface area (Å²) < 4.78 is 0. The van der Waals surface area contributed by atoms with Crippen LogP contribution in [0.1, 0.15) is 28.5 Å². The molecule has 0 aliphatic carbocycles. The van der Waals surface area contributed by atoms with Crippen LogP contribution in [-0.2, 0) is 6.54 Å². The second-order valence-electron chi connectivity index (χ2n) is 6.74. The molecule has 134 valence electrons. The Morgan fingerprint density at radius 1 is 1.31 bits per heavy atom. The highest BCUT2D eigenvalue weighted by Gasteiger charge is 2.26. The van der Waals surface area contributed by atoms with E-state index in [2.05, 4.69) is 28.9 Å². The van der Waals surface area contributed by atoms with Crippen molar-refractivity contribution in [2.75, 3.05) is 26.2 Å². The number of rotatable bonds is 3. The highest BCUT2D eigenvalue weighted by molar-refractivity contribution is 6.33. The van der Waals surface area contributed by atoms with E-state index >= 15 is 0 Å². The molecule has 1 aromatic carbocycles. The van der Waals surface area contributed by atoms with Crippen LogP contribution in [-0.4, -0.2) is 46.9 Å². The van der Waals surface area contributed by atoms with E-state index < -0.39 is 0 Å². The highest BCUT2D eigenvalue weighted by atomic mass is 35.5. The van der Waals surface area contributed by atoms with E-state index in [1.807, 2.05) is 29.2 Å². The number of halogens is 1. The Morgan fingerprint density at radius 3 is 2.77 bits per heavy atom. The average Bonchev–Trinajstić information content (AvgIpc) is 2.83. The van der Waals surface area contributed by atoms with Crippen molar-refractivity contribution in [2.45, 2.75) is 13.5 Å². The van der Waals surface area contributed by atoms with E-state index in [0.29, 0.717) is 24.6 Å². The lowest BCUT2D eigenvalue weighted by molar-refractivity contribution is 0.0743. The summed E-state index contributed by atoms with van der Waals surface area (Å²) in [5.74, 6) is 0.176. The Bertz CT molecular complexity index is 818. The molecule has 0 radical (unpaired) electrons. The van der Waals surface area contributed by atoms with E-state index in [-0.39, 0.29) is 16.6 Å². The Labute approximate surface area is 158 Å². The molecule has 1 atom stereocenters. The third kappa shape index (κ3) is 4.40. The van der Waals surface area contributed by atoms with Crippen LogP contribution in [0.5, 0.6) is 0 Å². The molecule has 0 saturated carbocycles. The number of aromatic nitrogens is 1. The van der Waals surface area contributed by atoms with Crippen LogP contribution in [0.2, 0.25) is 5.02 Å². The van der Waals surface area contributed by atoms with Crippen molar-refractivity contribution in [1.29, 1.82) is 5.26 Å². The zero-order valence-corrected chi connectivity index (χ0v) is 15.5. The topological polar surface area (TPSA) is 60.2 Å². The van der Waals surface area contributed by atoms with Gasteiger partial charge in [-0.05, 0) is 17.5 Å². The number of nitriles is 1. The standard InChI is InChI=1S/C20H21ClN4O/c1-15-12-24(14-16-5-3-2-4-6-16)7-8-25(13-15)20(26)19-18(21)9-17(10-22)11-23-19/h2-6,9,11,15H,7-8,12-14H2,1H3. The maximum Gasteiger partial charge on any atom is 0.274 e. The van der Waals surface area contributed by atoms with E-state index in [1.54, 1.807) is 0 Å². The number of pyridine rings is 1. The molecule has 0 spiro atoms. The number of carbonyl (C=O) groups excluding carboxylic acids is 1. The van der Waals surface area contributed by atoms with Gasteiger partial charge >= 0.3 is 0 Å². The first-order valence-corrected chi connectivity index (χ1v) is 9.06. The lowest BCUT2D eigenvalue weighted by atomic mass is 10.1. The molecule has 5 nitrogen and oxygen atoms in total. The summed E-state index contributed by atoms with van der Waals surface area (Å²) in [6.07, 6.45) is 1.39. The van der Waals surface area contributed by atoms with Crippen LogP contribution in [0.15, 0.2) is 42.6 Å². The van der Waals surface area contributed by atoms with Gasteiger partial charge in [0.2, 0.25) is 0 Å². The SMILES string of the molecule is CC1CN(Cc2ccccc2)CCN(C(=O)c2ncc(C#N)cc2Cl)C1. The van der Waals surface area contributed by atoms with Crippen molar-refractivity contribution >= 4 is 17.5 Å². The third-order valence-corrected chi connectivity index (χ3v) is 4.79. The lowest BCUT2D eigenvalue weighted by Crippen LogP contribution is -2.36. The van der Waals surface area contributed by atoms with Gasteiger partial charge in [-0.3, -0.25) is 9.69 Å². The summed E-state index contributed by atoms with van der Waals surface area (Å²) in [7, 11) is 0. The van der Waals surface area contributed by atoms with Crippen molar-refractivity contribution in [1.82, 2.24) is 14.8 Å². The van der Waals surface area contributed by atoms with Crippen LogP contribution in [0, 0.1) is 17.2 Å². The van der Waals surface area contributed by atoms with Gasteiger partial charge in [0.25, 0.3) is 5.91 Å². The lowest BCUT2D eigenvalue weighted by Gasteiger charge is -2.22. The minimum absolute atomic E-state index is 0.173. The molecule has 1 aliphatic heterocycles. The fraction of sp³-hybridized carbons (Fsp3) is 0.350. The quantitative estimate of drug-likeness (QED) is 0.834. The van der Waals surface area contributed by atoms with Gasteiger partial charge in [0.05, 0.1) is 10.6 Å². The Balaban J connectivity index is 1.70. The molecule has 1 amide bonds. The van der Waals surface area contributed by atoms with Crippen LogP contribution in [0.25, 0.3) is 0 Å². The number of hydrogen-bond donors (Lipinski definition) is 0. The normalized spacial score (nSPS) is 18.2. The molecule has 3 rings (SSSR count). The first-order valence-electron chi connectivity index (χ1n) is 8.68. The van der Waals surface area contributed by atoms with Crippen molar-refractivity contribution in [3.8, 4) is 6.07 Å². The molecule has 1 fully saturated rings. The van der Waals surface area contributed by atoms with Gasteiger partial charge in [-0.15, -0.1) is 0 Å². The summed E-state index contributed by atoms with van der Waals surface area (Å²) >= 11 is 6.16. The predicted octanol–water partition coefficient (Wildman–Crippen LogP) is 3.20. The second-order valence-corrected chi connectivity index (χ2v) is 7.15. The molecule has 26 heavy (non-hydrogen) atoms. The summed E-state index contributed by atoms with van der Waals surface area (Å²) in [5, 5.41) is 9.14. The summed E-state index contributed by atoms with van der Waals surface area (Å²) in [6, 6.07) is 13.8. The summed E-state index contributed by atoms with van der Waals surface area (Å²) in [6.45, 7) is 6.07. The van der Waals surface area contributed by atoms with Crippen LogP contribution >= 0.6 is 11.6 Å². The Kier molecular flexibility index (Phi) is 5.87. The second kappa shape index (κ2) is 8.31. The van der Waals surface area contributed by atoms with Crippen molar-refractivity contribution in [2.24, 2.45) is 5.92 Å². The molecule has 6 heteroatoms. The maximum atomic E-state index is 12.9. The zero-order chi connectivity index (χ0) is 18.5. The predicted molar refractivity (Wildman–Crippen MR) is 101 cm³/mol. The number of hydrogen-bond acceptors (Lipinski definition) is 4. The van der Waals surface area contributed by atoms with E-state index in [4.69, 9.17) is 16.9 Å². The molecule has 1 saturated heterocycles. The van der Waals surface area contributed by atoms with Gasteiger partial charge < -0.3 is 4.90 Å². The first kappa shape index (κ1) is 18.4. The fourth-order valence-corrected chi connectivity index (χ4v) is 3.54.